The predicted molar refractivity (Wildman–Crippen MR) is 108 cm³/mol. The lowest BCUT2D eigenvalue weighted by molar-refractivity contribution is -0.118. The molecule has 0 bridgehead atoms. The first kappa shape index (κ1) is 19.7. The molecule has 0 aliphatic heterocycles. The fourth-order valence-corrected chi connectivity index (χ4v) is 2.96. The van der Waals surface area contributed by atoms with E-state index >= 15 is 0 Å². The molecule has 1 amide bonds. The molecule has 0 radical (unpaired) electrons. The average molecular weight is 382 g/mol. The van der Waals surface area contributed by atoms with Crippen molar-refractivity contribution in [3.8, 4) is 0 Å². The van der Waals surface area contributed by atoms with E-state index in [1.807, 2.05) is 24.8 Å². The number of hydrogen-bond donors (Lipinski definition) is 2. The number of halogens is 1. The molecule has 1 heterocycles. The third-order valence-electron chi connectivity index (χ3n) is 4.72. The molecule has 3 aromatic rings. The minimum atomic E-state index is -0.480. The summed E-state index contributed by atoms with van der Waals surface area (Å²) in [6, 6.07) is 13.2. The molecule has 0 aliphatic carbocycles. The van der Waals surface area contributed by atoms with Gasteiger partial charge in [-0.1, -0.05) is 31.2 Å². The molecule has 28 heavy (non-hydrogen) atoms. The zero-order valence-corrected chi connectivity index (χ0v) is 15.9. The number of fused-ring (bicyclic) bond motifs is 1. The molecule has 1 aromatic heterocycles. The van der Waals surface area contributed by atoms with Gasteiger partial charge in [-0.25, -0.2) is 9.37 Å². The van der Waals surface area contributed by atoms with Crippen LogP contribution in [0.5, 0.6) is 0 Å². The number of aromatic nitrogens is 2. The third kappa shape index (κ3) is 4.61. The SMILES string of the molecule is CCC(C)N(CC(=O)Nc1ccccc1F)Cc1nc2ccccc2c(=O)[nH]1. The number of rotatable bonds is 7. The van der Waals surface area contributed by atoms with Crippen LogP contribution in [0.25, 0.3) is 10.9 Å². The van der Waals surface area contributed by atoms with Gasteiger partial charge in [0.2, 0.25) is 5.91 Å². The highest BCUT2D eigenvalue weighted by Gasteiger charge is 2.19. The van der Waals surface area contributed by atoms with Crippen LogP contribution >= 0.6 is 0 Å². The Morgan fingerprint density at radius 2 is 1.93 bits per heavy atom. The highest BCUT2D eigenvalue weighted by molar-refractivity contribution is 5.92. The molecule has 1 atom stereocenters. The normalized spacial score (nSPS) is 12.3. The Hall–Kier alpha value is -3.06. The summed E-state index contributed by atoms with van der Waals surface area (Å²) in [6.45, 7) is 4.37. The van der Waals surface area contributed by atoms with Crippen molar-refractivity contribution < 1.29 is 9.18 Å². The van der Waals surface area contributed by atoms with Crippen LogP contribution in [0.4, 0.5) is 10.1 Å². The number of nitrogens with one attached hydrogen (secondary N) is 2. The summed E-state index contributed by atoms with van der Waals surface area (Å²) in [4.78, 5) is 33.9. The van der Waals surface area contributed by atoms with Gasteiger partial charge in [0.1, 0.15) is 11.6 Å². The summed E-state index contributed by atoms with van der Waals surface area (Å²) in [5.41, 5.74) is 0.551. The van der Waals surface area contributed by atoms with Crippen molar-refractivity contribution in [3.63, 3.8) is 0 Å². The standard InChI is InChI=1S/C21H23FN4O2/c1-3-14(2)26(13-20(27)24-18-11-7-5-9-16(18)22)12-19-23-17-10-6-4-8-15(17)21(28)25-19/h4-11,14H,3,12-13H2,1-2H3,(H,24,27)(H,23,25,28). The fourth-order valence-electron chi connectivity index (χ4n) is 2.96. The lowest BCUT2D eigenvalue weighted by Gasteiger charge is -2.27. The minimum Gasteiger partial charge on any atom is -0.322 e. The Morgan fingerprint density at radius 1 is 1.21 bits per heavy atom. The van der Waals surface area contributed by atoms with E-state index in [1.54, 1.807) is 30.3 Å². The van der Waals surface area contributed by atoms with E-state index in [0.29, 0.717) is 23.3 Å². The molecule has 7 heteroatoms. The Morgan fingerprint density at radius 3 is 2.68 bits per heavy atom. The maximum atomic E-state index is 13.8. The number of nitrogens with zero attached hydrogens (tertiary/aromatic N) is 2. The van der Waals surface area contributed by atoms with E-state index in [1.165, 1.54) is 12.1 Å². The van der Waals surface area contributed by atoms with Crippen LogP contribution in [0.3, 0.4) is 0 Å². The molecule has 2 aromatic carbocycles. The molecule has 0 saturated carbocycles. The minimum absolute atomic E-state index is 0.0554. The van der Waals surface area contributed by atoms with Gasteiger partial charge in [-0.15, -0.1) is 0 Å². The second kappa shape index (κ2) is 8.75. The monoisotopic (exact) mass is 382 g/mol. The van der Waals surface area contributed by atoms with E-state index in [0.717, 1.165) is 6.42 Å². The van der Waals surface area contributed by atoms with E-state index in [2.05, 4.69) is 15.3 Å². The Bertz CT molecular complexity index is 1030. The van der Waals surface area contributed by atoms with Crippen LogP contribution in [0, 0.1) is 5.82 Å². The summed E-state index contributed by atoms with van der Waals surface area (Å²) >= 11 is 0. The molecule has 3 rings (SSSR count). The summed E-state index contributed by atoms with van der Waals surface area (Å²) < 4.78 is 13.8. The number of amides is 1. The number of hydrogen-bond acceptors (Lipinski definition) is 4. The lowest BCUT2D eigenvalue weighted by atomic mass is 10.2. The summed E-state index contributed by atoms with van der Waals surface area (Å²) in [5.74, 6) is -0.317. The summed E-state index contributed by atoms with van der Waals surface area (Å²) in [6.07, 6.45) is 0.810. The second-order valence-corrected chi connectivity index (χ2v) is 6.72. The summed E-state index contributed by atoms with van der Waals surface area (Å²) in [7, 11) is 0. The third-order valence-corrected chi connectivity index (χ3v) is 4.72. The van der Waals surface area contributed by atoms with Gasteiger partial charge >= 0.3 is 0 Å². The van der Waals surface area contributed by atoms with Crippen LogP contribution < -0.4 is 10.9 Å². The molecule has 6 nitrogen and oxygen atoms in total. The van der Waals surface area contributed by atoms with Gasteiger partial charge in [-0.2, -0.15) is 0 Å². The van der Waals surface area contributed by atoms with Gasteiger partial charge in [0.15, 0.2) is 0 Å². The number of carbonyl (C=O) groups excluding carboxylic acids is 1. The number of H-pyrrole nitrogens is 1. The second-order valence-electron chi connectivity index (χ2n) is 6.72. The van der Waals surface area contributed by atoms with Gasteiger partial charge in [-0.05, 0) is 37.6 Å². The number of benzene rings is 2. The Labute approximate surface area is 162 Å². The van der Waals surface area contributed by atoms with Gasteiger partial charge < -0.3 is 10.3 Å². The van der Waals surface area contributed by atoms with Crippen molar-refractivity contribution in [3.05, 3.63) is 70.5 Å². The highest BCUT2D eigenvalue weighted by Crippen LogP contribution is 2.14. The van der Waals surface area contributed by atoms with Crippen molar-refractivity contribution in [2.24, 2.45) is 0 Å². The van der Waals surface area contributed by atoms with Gasteiger partial charge in [0.05, 0.1) is 29.7 Å². The molecule has 1 unspecified atom stereocenters. The zero-order chi connectivity index (χ0) is 20.1. The van der Waals surface area contributed by atoms with Crippen LogP contribution in [0.15, 0.2) is 53.3 Å². The first-order chi connectivity index (χ1) is 13.5. The predicted octanol–water partition coefficient (Wildman–Crippen LogP) is 3.30. The van der Waals surface area contributed by atoms with Crippen molar-refractivity contribution >= 4 is 22.5 Å². The Kier molecular flexibility index (Phi) is 6.16. The molecule has 2 N–H and O–H groups in total. The van der Waals surface area contributed by atoms with Gasteiger partial charge in [0.25, 0.3) is 5.56 Å². The largest absolute Gasteiger partial charge is 0.322 e. The smallest absolute Gasteiger partial charge is 0.258 e. The van der Waals surface area contributed by atoms with Crippen molar-refractivity contribution in [1.29, 1.82) is 0 Å². The number of para-hydroxylation sites is 2. The molecule has 0 saturated heterocycles. The molecule has 0 fully saturated rings. The summed E-state index contributed by atoms with van der Waals surface area (Å²) in [5, 5.41) is 3.13. The lowest BCUT2D eigenvalue weighted by Crippen LogP contribution is -2.39. The molecular weight excluding hydrogens is 359 g/mol. The maximum absolute atomic E-state index is 13.8. The van der Waals surface area contributed by atoms with Crippen LogP contribution in [0.2, 0.25) is 0 Å². The first-order valence-corrected chi connectivity index (χ1v) is 9.24. The first-order valence-electron chi connectivity index (χ1n) is 9.24. The molecule has 0 spiro atoms. The molecule has 0 aliphatic rings. The van der Waals surface area contributed by atoms with E-state index in [4.69, 9.17) is 0 Å². The maximum Gasteiger partial charge on any atom is 0.258 e. The van der Waals surface area contributed by atoms with Gasteiger partial charge in [0, 0.05) is 6.04 Å². The van der Waals surface area contributed by atoms with E-state index in [9.17, 15) is 14.0 Å². The quantitative estimate of drug-likeness (QED) is 0.657. The van der Waals surface area contributed by atoms with Crippen molar-refractivity contribution in [2.75, 3.05) is 11.9 Å². The fraction of sp³-hybridized carbons (Fsp3) is 0.286. The van der Waals surface area contributed by atoms with Gasteiger partial charge in [-0.3, -0.25) is 14.5 Å². The van der Waals surface area contributed by atoms with Crippen LogP contribution in [-0.4, -0.2) is 33.4 Å². The van der Waals surface area contributed by atoms with Crippen molar-refractivity contribution in [2.45, 2.75) is 32.9 Å². The average Bonchev–Trinajstić information content (AvgIpc) is 2.68. The molecule has 146 valence electrons. The number of anilines is 1. The number of carbonyl (C=O) groups is 1. The van der Waals surface area contributed by atoms with E-state index in [-0.39, 0.29) is 29.7 Å². The molecular formula is C21H23FN4O2. The number of aromatic amines is 1. The topological polar surface area (TPSA) is 78.1 Å². The van der Waals surface area contributed by atoms with E-state index < -0.39 is 5.82 Å². The van der Waals surface area contributed by atoms with Crippen LogP contribution in [0.1, 0.15) is 26.1 Å². The van der Waals surface area contributed by atoms with Crippen LogP contribution in [-0.2, 0) is 11.3 Å². The Balaban J connectivity index is 1.78. The zero-order valence-electron chi connectivity index (χ0n) is 15.9. The highest BCUT2D eigenvalue weighted by atomic mass is 19.1. The van der Waals surface area contributed by atoms with Crippen molar-refractivity contribution in [1.82, 2.24) is 14.9 Å².